The Bertz CT molecular complexity index is 997. The molecule has 4 nitrogen and oxygen atoms in total. The van der Waals surface area contributed by atoms with Gasteiger partial charge in [-0.15, -0.1) is 11.8 Å². The van der Waals surface area contributed by atoms with Gasteiger partial charge in [0.2, 0.25) is 0 Å². The zero-order valence-corrected chi connectivity index (χ0v) is 13.7. The second kappa shape index (κ2) is 6.05. The lowest BCUT2D eigenvalue weighted by Gasteiger charge is -2.03. The molecular formula is C18H13FN4S. The van der Waals surface area contributed by atoms with Crippen molar-refractivity contribution in [3.8, 4) is 22.5 Å². The average molecular weight is 336 g/mol. The van der Waals surface area contributed by atoms with Crippen LogP contribution in [0.4, 0.5) is 4.39 Å². The SMILES string of the molecule is CSc1cccc2c(-c3ccncn3)c(-c3ccc(F)cc3)nn12. The second-order valence-corrected chi connectivity index (χ2v) is 6.02. The zero-order valence-electron chi connectivity index (χ0n) is 12.8. The van der Waals surface area contributed by atoms with Crippen LogP contribution in [0.1, 0.15) is 0 Å². The molecule has 1 aromatic carbocycles. The number of nitrogens with zero attached hydrogens (tertiary/aromatic N) is 4. The van der Waals surface area contributed by atoms with Crippen molar-refractivity contribution in [2.45, 2.75) is 5.03 Å². The van der Waals surface area contributed by atoms with Crippen molar-refractivity contribution in [3.05, 3.63) is 66.9 Å². The fraction of sp³-hybridized carbons (Fsp3) is 0.0556. The quantitative estimate of drug-likeness (QED) is 0.523. The molecule has 4 aromatic rings. The van der Waals surface area contributed by atoms with Gasteiger partial charge in [-0.05, 0) is 48.7 Å². The molecule has 0 aliphatic carbocycles. The molecule has 0 fully saturated rings. The van der Waals surface area contributed by atoms with Crippen molar-refractivity contribution in [1.29, 1.82) is 0 Å². The molecule has 0 bridgehead atoms. The number of fused-ring (bicyclic) bond motifs is 1. The summed E-state index contributed by atoms with van der Waals surface area (Å²) in [7, 11) is 0. The van der Waals surface area contributed by atoms with E-state index in [4.69, 9.17) is 5.10 Å². The van der Waals surface area contributed by atoms with E-state index < -0.39 is 0 Å². The third-order valence-electron chi connectivity index (χ3n) is 3.79. The van der Waals surface area contributed by atoms with Gasteiger partial charge >= 0.3 is 0 Å². The van der Waals surface area contributed by atoms with E-state index in [1.165, 1.54) is 18.5 Å². The third kappa shape index (κ3) is 2.45. The molecule has 0 saturated carbocycles. The topological polar surface area (TPSA) is 43.1 Å². The first-order chi connectivity index (χ1) is 11.8. The first-order valence-electron chi connectivity index (χ1n) is 7.36. The summed E-state index contributed by atoms with van der Waals surface area (Å²) >= 11 is 1.62. The Morgan fingerprint density at radius 1 is 1.04 bits per heavy atom. The maximum atomic E-state index is 13.3. The summed E-state index contributed by atoms with van der Waals surface area (Å²) in [6, 6.07) is 14.2. The Balaban J connectivity index is 2.06. The van der Waals surface area contributed by atoms with Gasteiger partial charge in [-0.2, -0.15) is 5.10 Å². The summed E-state index contributed by atoms with van der Waals surface area (Å²) < 4.78 is 15.2. The van der Waals surface area contributed by atoms with Crippen LogP contribution in [0.5, 0.6) is 0 Å². The molecule has 0 N–H and O–H groups in total. The van der Waals surface area contributed by atoms with Gasteiger partial charge in [0.05, 0.1) is 21.8 Å². The molecule has 0 spiro atoms. The van der Waals surface area contributed by atoms with Crippen LogP contribution in [0.25, 0.3) is 28.0 Å². The number of thioether (sulfide) groups is 1. The van der Waals surface area contributed by atoms with Gasteiger partial charge in [-0.25, -0.2) is 18.9 Å². The smallest absolute Gasteiger partial charge is 0.123 e. The molecular weight excluding hydrogens is 323 g/mol. The van der Waals surface area contributed by atoms with Crippen molar-refractivity contribution in [1.82, 2.24) is 19.6 Å². The minimum absolute atomic E-state index is 0.268. The van der Waals surface area contributed by atoms with Gasteiger partial charge in [-0.3, -0.25) is 0 Å². The molecule has 0 radical (unpaired) electrons. The second-order valence-electron chi connectivity index (χ2n) is 5.19. The predicted molar refractivity (Wildman–Crippen MR) is 93.4 cm³/mol. The molecule has 0 atom stereocenters. The first-order valence-corrected chi connectivity index (χ1v) is 8.58. The van der Waals surface area contributed by atoms with E-state index in [0.29, 0.717) is 0 Å². The number of hydrogen-bond acceptors (Lipinski definition) is 4. The highest BCUT2D eigenvalue weighted by Crippen LogP contribution is 2.35. The lowest BCUT2D eigenvalue weighted by Crippen LogP contribution is -1.91. The molecule has 0 amide bonds. The van der Waals surface area contributed by atoms with Crippen LogP contribution in [-0.4, -0.2) is 25.8 Å². The van der Waals surface area contributed by atoms with E-state index in [1.807, 2.05) is 35.0 Å². The molecule has 3 heterocycles. The van der Waals surface area contributed by atoms with Crippen molar-refractivity contribution in [2.24, 2.45) is 0 Å². The Kier molecular flexibility index (Phi) is 3.74. The van der Waals surface area contributed by atoms with E-state index in [1.54, 1.807) is 30.1 Å². The largest absolute Gasteiger partial charge is 0.245 e. The number of aromatic nitrogens is 4. The van der Waals surface area contributed by atoms with E-state index >= 15 is 0 Å². The lowest BCUT2D eigenvalue weighted by molar-refractivity contribution is 0.628. The van der Waals surface area contributed by atoms with Crippen molar-refractivity contribution in [3.63, 3.8) is 0 Å². The van der Waals surface area contributed by atoms with Gasteiger partial charge < -0.3 is 0 Å². The fourth-order valence-electron chi connectivity index (χ4n) is 2.70. The fourth-order valence-corrected chi connectivity index (χ4v) is 3.23. The van der Waals surface area contributed by atoms with Gasteiger partial charge in [0.1, 0.15) is 17.8 Å². The van der Waals surface area contributed by atoms with Gasteiger partial charge in [0.15, 0.2) is 0 Å². The minimum Gasteiger partial charge on any atom is -0.245 e. The predicted octanol–water partition coefficient (Wildman–Crippen LogP) is 4.32. The van der Waals surface area contributed by atoms with Crippen LogP contribution in [0.3, 0.4) is 0 Å². The van der Waals surface area contributed by atoms with Gasteiger partial charge in [0, 0.05) is 11.8 Å². The lowest BCUT2D eigenvalue weighted by atomic mass is 10.0. The van der Waals surface area contributed by atoms with Crippen LogP contribution in [0.2, 0.25) is 0 Å². The summed E-state index contributed by atoms with van der Waals surface area (Å²) in [5.74, 6) is -0.268. The van der Waals surface area contributed by atoms with E-state index in [2.05, 4.69) is 9.97 Å². The van der Waals surface area contributed by atoms with Gasteiger partial charge in [0.25, 0.3) is 0 Å². The number of rotatable bonds is 3. The highest BCUT2D eigenvalue weighted by Gasteiger charge is 2.18. The number of halogens is 1. The van der Waals surface area contributed by atoms with Crippen LogP contribution in [0, 0.1) is 5.82 Å². The number of hydrogen-bond donors (Lipinski definition) is 0. The summed E-state index contributed by atoms with van der Waals surface area (Å²) in [5, 5.41) is 5.80. The molecule has 3 aromatic heterocycles. The maximum Gasteiger partial charge on any atom is 0.123 e. The first kappa shape index (κ1) is 14.8. The number of pyridine rings is 1. The molecule has 4 rings (SSSR count). The third-order valence-corrected chi connectivity index (χ3v) is 4.51. The minimum atomic E-state index is -0.268. The highest BCUT2D eigenvalue weighted by atomic mass is 32.2. The Morgan fingerprint density at radius 2 is 1.88 bits per heavy atom. The molecule has 0 aliphatic rings. The standard InChI is InChI=1S/C18H13FN4S/c1-24-16-4-2-3-15-17(14-9-10-20-11-21-14)18(22-23(15)16)12-5-7-13(19)8-6-12/h2-11H,1H3. The molecule has 24 heavy (non-hydrogen) atoms. The van der Waals surface area contributed by atoms with Gasteiger partial charge in [-0.1, -0.05) is 6.07 Å². The molecule has 6 heteroatoms. The van der Waals surface area contributed by atoms with Crippen molar-refractivity contribution < 1.29 is 4.39 Å². The molecule has 118 valence electrons. The average Bonchev–Trinajstić information content (AvgIpc) is 3.02. The molecule has 0 unspecified atom stereocenters. The Morgan fingerprint density at radius 3 is 2.58 bits per heavy atom. The van der Waals surface area contributed by atoms with E-state index in [-0.39, 0.29) is 5.82 Å². The Labute approximate surface area is 142 Å². The number of benzene rings is 1. The zero-order chi connectivity index (χ0) is 16.5. The molecule has 0 saturated heterocycles. The van der Waals surface area contributed by atoms with Crippen LogP contribution < -0.4 is 0 Å². The van der Waals surface area contributed by atoms with Crippen molar-refractivity contribution >= 4 is 17.3 Å². The van der Waals surface area contributed by atoms with E-state index in [9.17, 15) is 4.39 Å². The van der Waals surface area contributed by atoms with Crippen LogP contribution in [-0.2, 0) is 0 Å². The highest BCUT2D eigenvalue weighted by molar-refractivity contribution is 7.98. The summed E-state index contributed by atoms with van der Waals surface area (Å²) in [6.45, 7) is 0. The van der Waals surface area contributed by atoms with Crippen LogP contribution >= 0.6 is 11.8 Å². The molecule has 0 aliphatic heterocycles. The van der Waals surface area contributed by atoms with Crippen molar-refractivity contribution in [2.75, 3.05) is 6.26 Å². The Hall–Kier alpha value is -2.73. The summed E-state index contributed by atoms with van der Waals surface area (Å²) in [4.78, 5) is 8.38. The normalized spacial score (nSPS) is 11.1. The van der Waals surface area contributed by atoms with E-state index in [0.717, 1.165) is 33.1 Å². The summed E-state index contributed by atoms with van der Waals surface area (Å²) in [5.41, 5.74) is 4.29. The summed E-state index contributed by atoms with van der Waals surface area (Å²) in [6.07, 6.45) is 5.24. The van der Waals surface area contributed by atoms with Crippen LogP contribution in [0.15, 0.2) is 66.1 Å². The maximum absolute atomic E-state index is 13.3. The monoisotopic (exact) mass is 336 g/mol.